The van der Waals surface area contributed by atoms with Crippen molar-refractivity contribution in [3.63, 3.8) is 0 Å². The number of anilines is 4. The summed E-state index contributed by atoms with van der Waals surface area (Å²) in [5.74, 6) is -4.99. The number of halogens is 5. The van der Waals surface area contributed by atoms with E-state index in [1.54, 1.807) is 0 Å². The van der Waals surface area contributed by atoms with Gasteiger partial charge in [-0.2, -0.15) is 18.2 Å². The van der Waals surface area contributed by atoms with Crippen molar-refractivity contribution in [3.05, 3.63) is 69.8 Å². The minimum atomic E-state index is -5.08. The van der Waals surface area contributed by atoms with Gasteiger partial charge in [0, 0.05) is 17.4 Å². The van der Waals surface area contributed by atoms with Gasteiger partial charge < -0.3 is 20.2 Å². The molecule has 14 heteroatoms. The minimum Gasteiger partial charge on any atom is -0.475 e. The van der Waals surface area contributed by atoms with Crippen LogP contribution in [0.2, 0.25) is 0 Å². The van der Waals surface area contributed by atoms with Crippen LogP contribution in [0.3, 0.4) is 0 Å². The Balaban J connectivity index is 0.000000429. The van der Waals surface area contributed by atoms with Gasteiger partial charge in [0.25, 0.3) is 0 Å². The van der Waals surface area contributed by atoms with E-state index < -0.39 is 29.5 Å². The van der Waals surface area contributed by atoms with E-state index >= 15 is 0 Å². The van der Waals surface area contributed by atoms with Gasteiger partial charge in [0.2, 0.25) is 5.95 Å². The predicted molar refractivity (Wildman–Crippen MR) is 115 cm³/mol. The summed E-state index contributed by atoms with van der Waals surface area (Å²) in [6.45, 7) is 3.92. The highest BCUT2D eigenvalue weighted by molar-refractivity contribution is 5.79. The number of hydrogen-bond donors (Lipinski definition) is 4. The maximum absolute atomic E-state index is 14.2. The Morgan fingerprint density at radius 2 is 1.60 bits per heavy atom. The Bertz CT molecular complexity index is 1430. The largest absolute Gasteiger partial charge is 0.490 e. The van der Waals surface area contributed by atoms with Crippen molar-refractivity contribution in [2.45, 2.75) is 20.0 Å². The van der Waals surface area contributed by atoms with Crippen molar-refractivity contribution < 1.29 is 36.3 Å². The number of nitrogens with one attached hydrogen (secondary N) is 3. The van der Waals surface area contributed by atoms with Crippen molar-refractivity contribution in [2.75, 3.05) is 10.6 Å². The first kappa shape index (κ1) is 25.1. The van der Waals surface area contributed by atoms with Gasteiger partial charge in [-0.15, -0.1) is 0 Å². The Morgan fingerprint density at radius 3 is 2.20 bits per heavy atom. The van der Waals surface area contributed by atoms with Crippen LogP contribution >= 0.6 is 0 Å². The lowest BCUT2D eigenvalue weighted by atomic mass is 10.1. The van der Waals surface area contributed by atoms with Crippen molar-refractivity contribution in [1.29, 1.82) is 0 Å². The number of oxazole rings is 1. The molecule has 0 bridgehead atoms. The van der Waals surface area contributed by atoms with Crippen LogP contribution < -0.4 is 16.4 Å². The summed E-state index contributed by atoms with van der Waals surface area (Å²) in [4.78, 5) is 30.5. The van der Waals surface area contributed by atoms with E-state index in [4.69, 9.17) is 14.3 Å². The Labute approximate surface area is 192 Å². The number of aliphatic carboxylic acids is 1. The zero-order valence-corrected chi connectivity index (χ0v) is 17.9. The predicted octanol–water partition coefficient (Wildman–Crippen LogP) is 4.93. The van der Waals surface area contributed by atoms with Crippen LogP contribution in [-0.4, -0.2) is 32.2 Å². The van der Waals surface area contributed by atoms with Gasteiger partial charge in [-0.1, -0.05) is 6.07 Å². The van der Waals surface area contributed by atoms with Crippen molar-refractivity contribution in [1.82, 2.24) is 15.0 Å². The van der Waals surface area contributed by atoms with Gasteiger partial charge in [-0.05, 0) is 43.2 Å². The number of hydrogen-bond acceptors (Lipinski definition) is 7. The summed E-state index contributed by atoms with van der Waals surface area (Å²) in [5.41, 5.74) is 3.02. The lowest BCUT2D eigenvalue weighted by Crippen LogP contribution is -2.21. The maximum atomic E-state index is 14.2. The molecule has 0 amide bonds. The fraction of sp³-hybridized carbons (Fsp3) is 0.143. The quantitative estimate of drug-likeness (QED) is 0.292. The summed E-state index contributed by atoms with van der Waals surface area (Å²) in [5, 5.41) is 12.8. The molecule has 0 aliphatic carbocycles. The normalized spacial score (nSPS) is 11.1. The number of rotatable bonds is 4. The number of carbonyl (C=O) groups is 1. The minimum absolute atomic E-state index is 0.147. The summed E-state index contributed by atoms with van der Waals surface area (Å²) in [6.07, 6.45) is -4.07. The molecule has 2 heterocycles. The second-order valence-electron chi connectivity index (χ2n) is 7.17. The maximum Gasteiger partial charge on any atom is 0.490 e. The van der Waals surface area contributed by atoms with Gasteiger partial charge in [-0.25, -0.2) is 23.4 Å². The molecule has 2 aromatic heterocycles. The number of fused-ring (bicyclic) bond motifs is 1. The van der Waals surface area contributed by atoms with Crippen LogP contribution in [-0.2, 0) is 4.79 Å². The highest BCUT2D eigenvalue weighted by atomic mass is 19.4. The number of H-pyrrole nitrogens is 1. The molecule has 0 atom stereocenters. The third kappa shape index (κ3) is 6.52. The van der Waals surface area contributed by atoms with E-state index in [0.29, 0.717) is 0 Å². The Kier molecular flexibility index (Phi) is 7.03. The molecule has 0 fully saturated rings. The first-order valence-electron chi connectivity index (χ1n) is 9.59. The average Bonchev–Trinajstić information content (AvgIpc) is 3.10. The average molecular weight is 497 g/mol. The van der Waals surface area contributed by atoms with E-state index in [1.165, 1.54) is 6.07 Å². The zero-order valence-electron chi connectivity index (χ0n) is 17.9. The van der Waals surface area contributed by atoms with Crippen LogP contribution in [0.1, 0.15) is 11.1 Å². The second kappa shape index (κ2) is 9.79. The highest BCUT2D eigenvalue weighted by Gasteiger charge is 2.38. The third-order valence-corrected chi connectivity index (χ3v) is 4.20. The number of carboxylic acid groups (broad SMARTS) is 1. The zero-order chi connectivity index (χ0) is 25.9. The van der Waals surface area contributed by atoms with Gasteiger partial charge in [0.1, 0.15) is 0 Å². The summed E-state index contributed by atoms with van der Waals surface area (Å²) >= 11 is 0. The number of aromatic nitrogens is 3. The molecule has 0 radical (unpaired) electrons. The Morgan fingerprint density at radius 1 is 1.00 bits per heavy atom. The summed E-state index contributed by atoms with van der Waals surface area (Å²) in [6, 6.07) is 8.34. The van der Waals surface area contributed by atoms with Crippen molar-refractivity contribution in [3.8, 4) is 0 Å². The molecule has 184 valence electrons. The second-order valence-corrected chi connectivity index (χ2v) is 7.17. The molecular formula is C21H16F5N5O4. The van der Waals surface area contributed by atoms with Gasteiger partial charge in [-0.3, -0.25) is 4.98 Å². The van der Waals surface area contributed by atoms with Crippen LogP contribution in [0.25, 0.3) is 11.1 Å². The van der Waals surface area contributed by atoms with Crippen LogP contribution in [0.4, 0.5) is 45.1 Å². The molecule has 0 aliphatic rings. The Hall–Kier alpha value is -4.49. The lowest BCUT2D eigenvalue weighted by Gasteiger charge is -2.10. The monoisotopic (exact) mass is 497 g/mol. The first-order valence-corrected chi connectivity index (χ1v) is 9.59. The number of aryl methyl sites for hydroxylation is 2. The topological polar surface area (TPSA) is 133 Å². The molecule has 9 nitrogen and oxygen atoms in total. The van der Waals surface area contributed by atoms with Crippen LogP contribution in [0.15, 0.2) is 45.7 Å². The van der Waals surface area contributed by atoms with Crippen molar-refractivity contribution in [2.24, 2.45) is 0 Å². The SMILES string of the molecule is Cc1cc(C)cc(Nc2ncc(F)c(Nc3cc(F)c4oc(=O)[nH]c4c3)n2)c1.O=C(O)C(F)(F)F. The molecule has 0 saturated carbocycles. The molecule has 2 aromatic carbocycles. The molecule has 4 N–H and O–H groups in total. The van der Waals surface area contributed by atoms with Crippen LogP contribution in [0.5, 0.6) is 0 Å². The van der Waals surface area contributed by atoms with E-state index in [-0.39, 0.29) is 28.6 Å². The van der Waals surface area contributed by atoms with E-state index in [9.17, 15) is 26.7 Å². The van der Waals surface area contributed by atoms with Gasteiger partial charge in [0.15, 0.2) is 23.0 Å². The number of alkyl halides is 3. The molecular weight excluding hydrogens is 481 g/mol. The van der Waals surface area contributed by atoms with Crippen molar-refractivity contribution >= 4 is 40.2 Å². The van der Waals surface area contributed by atoms with E-state index in [2.05, 4.69) is 25.6 Å². The third-order valence-electron chi connectivity index (χ3n) is 4.20. The van der Waals surface area contributed by atoms with Gasteiger partial charge >= 0.3 is 17.9 Å². The molecule has 4 rings (SSSR count). The highest BCUT2D eigenvalue weighted by Crippen LogP contribution is 2.25. The van der Waals surface area contributed by atoms with Crippen LogP contribution in [0, 0.1) is 25.5 Å². The number of aromatic amines is 1. The molecule has 35 heavy (non-hydrogen) atoms. The lowest BCUT2D eigenvalue weighted by molar-refractivity contribution is -0.192. The standard InChI is InChI=1S/C19H15F2N5O2.C2HF3O2/c1-9-3-10(2)5-11(4-9)24-18-22-8-14(21)17(26-18)23-12-6-13(20)16-15(7-12)25-19(27)28-16;3-2(4,5)1(6)7/h3-8H,1-2H3,(H,25,27)(H2,22,23,24,26);(H,6,7). The molecule has 0 saturated heterocycles. The molecule has 0 unspecified atom stereocenters. The fourth-order valence-electron chi connectivity index (χ4n) is 2.92. The first-order chi connectivity index (χ1) is 16.3. The fourth-order valence-corrected chi connectivity index (χ4v) is 2.92. The van der Waals surface area contributed by atoms with E-state index in [1.807, 2.05) is 32.0 Å². The molecule has 0 aliphatic heterocycles. The smallest absolute Gasteiger partial charge is 0.475 e. The van der Waals surface area contributed by atoms with Gasteiger partial charge in [0.05, 0.1) is 11.7 Å². The molecule has 0 spiro atoms. The summed E-state index contributed by atoms with van der Waals surface area (Å²) in [7, 11) is 0. The summed E-state index contributed by atoms with van der Waals surface area (Å²) < 4.78 is 64.7. The van der Waals surface area contributed by atoms with E-state index in [0.717, 1.165) is 29.1 Å². The number of nitrogens with zero attached hydrogens (tertiary/aromatic N) is 2. The number of carboxylic acids is 1. The molecule has 4 aromatic rings. The number of benzene rings is 2.